The summed E-state index contributed by atoms with van der Waals surface area (Å²) < 4.78 is 5.05. The van der Waals surface area contributed by atoms with Crippen LogP contribution in [0.5, 0.6) is 0 Å². The molecule has 0 saturated heterocycles. The molecule has 0 aromatic carbocycles. The van der Waals surface area contributed by atoms with Crippen molar-refractivity contribution >= 4 is 5.97 Å². The van der Waals surface area contributed by atoms with Crippen LogP contribution in [0.1, 0.15) is 39.0 Å². The van der Waals surface area contributed by atoms with Crippen molar-refractivity contribution < 1.29 is 9.53 Å². The Morgan fingerprint density at radius 2 is 1.79 bits per heavy atom. The van der Waals surface area contributed by atoms with E-state index in [9.17, 15) is 4.79 Å². The molecular formula is C11H23NO2. The molecule has 0 spiro atoms. The number of hydrogen-bond donors (Lipinski definition) is 0. The fourth-order valence-electron chi connectivity index (χ4n) is 1.20. The molecule has 0 aromatic rings. The average molecular weight is 201 g/mol. The molecule has 14 heavy (non-hydrogen) atoms. The van der Waals surface area contributed by atoms with Crippen molar-refractivity contribution in [3.05, 3.63) is 0 Å². The fraction of sp³-hybridized carbons (Fsp3) is 0.909. The van der Waals surface area contributed by atoms with Crippen LogP contribution in [0.3, 0.4) is 0 Å². The van der Waals surface area contributed by atoms with Gasteiger partial charge in [0.2, 0.25) is 0 Å². The van der Waals surface area contributed by atoms with Crippen molar-refractivity contribution in [3.8, 4) is 0 Å². The molecule has 0 rings (SSSR count). The zero-order chi connectivity index (χ0) is 10.8. The van der Waals surface area contributed by atoms with Gasteiger partial charge in [-0.15, -0.1) is 0 Å². The van der Waals surface area contributed by atoms with Crippen LogP contribution < -0.4 is 0 Å². The number of hydrogen-bond acceptors (Lipinski definition) is 3. The minimum Gasteiger partial charge on any atom is -0.465 e. The summed E-state index contributed by atoms with van der Waals surface area (Å²) in [7, 11) is 3.73. The van der Waals surface area contributed by atoms with E-state index in [1.165, 1.54) is 25.7 Å². The quantitative estimate of drug-likeness (QED) is 0.445. The van der Waals surface area contributed by atoms with Crippen LogP contribution >= 0.6 is 0 Å². The van der Waals surface area contributed by atoms with E-state index < -0.39 is 0 Å². The highest BCUT2D eigenvalue weighted by atomic mass is 16.5. The number of ether oxygens (including phenoxy) is 1. The summed E-state index contributed by atoms with van der Waals surface area (Å²) in [4.78, 5) is 12.9. The Morgan fingerprint density at radius 1 is 1.14 bits per heavy atom. The first-order valence-corrected chi connectivity index (χ1v) is 5.47. The molecule has 0 aliphatic carbocycles. The number of nitrogens with zero attached hydrogens (tertiary/aromatic N) is 1. The topological polar surface area (TPSA) is 29.5 Å². The van der Waals surface area contributed by atoms with Gasteiger partial charge in [-0.2, -0.15) is 0 Å². The van der Waals surface area contributed by atoms with Gasteiger partial charge in [-0.1, -0.05) is 32.6 Å². The maximum atomic E-state index is 11.1. The lowest BCUT2D eigenvalue weighted by molar-refractivity contribution is -0.144. The summed E-state index contributed by atoms with van der Waals surface area (Å²) in [6, 6.07) is 0. The van der Waals surface area contributed by atoms with Crippen LogP contribution in [0.25, 0.3) is 0 Å². The number of unbranched alkanes of at least 4 members (excludes halogenated alkanes) is 4. The van der Waals surface area contributed by atoms with Crippen molar-refractivity contribution in [2.24, 2.45) is 0 Å². The van der Waals surface area contributed by atoms with E-state index in [4.69, 9.17) is 4.74 Å². The molecule has 0 saturated carbocycles. The average Bonchev–Trinajstić information content (AvgIpc) is 2.10. The first-order chi connectivity index (χ1) is 6.66. The van der Waals surface area contributed by atoms with E-state index >= 15 is 0 Å². The minimum atomic E-state index is -0.120. The standard InChI is InChI=1S/C11H23NO2/c1-4-5-6-7-8-9-14-11(13)10-12(2)3/h4-10H2,1-3H3. The van der Waals surface area contributed by atoms with Crippen LogP contribution in [-0.4, -0.2) is 38.1 Å². The van der Waals surface area contributed by atoms with Gasteiger partial charge in [0, 0.05) is 0 Å². The Bertz CT molecular complexity index is 146. The molecule has 0 unspecified atom stereocenters. The number of esters is 1. The largest absolute Gasteiger partial charge is 0.465 e. The highest BCUT2D eigenvalue weighted by molar-refractivity contribution is 5.71. The second-order valence-electron chi connectivity index (χ2n) is 3.87. The highest BCUT2D eigenvalue weighted by Gasteiger charge is 2.02. The summed E-state index contributed by atoms with van der Waals surface area (Å²) in [6.07, 6.45) is 5.95. The molecule has 0 aliphatic heterocycles. The van der Waals surface area contributed by atoms with Gasteiger partial charge < -0.3 is 4.74 Å². The monoisotopic (exact) mass is 201 g/mol. The van der Waals surface area contributed by atoms with E-state index in [0.717, 1.165) is 6.42 Å². The fourth-order valence-corrected chi connectivity index (χ4v) is 1.20. The first-order valence-electron chi connectivity index (χ1n) is 5.47. The number of carbonyl (C=O) groups is 1. The number of rotatable bonds is 8. The Morgan fingerprint density at radius 3 is 2.36 bits per heavy atom. The van der Waals surface area contributed by atoms with E-state index in [2.05, 4.69) is 6.92 Å². The van der Waals surface area contributed by atoms with Crippen LogP contribution in [0.15, 0.2) is 0 Å². The SMILES string of the molecule is CCCCCCCOC(=O)CN(C)C. The minimum absolute atomic E-state index is 0.120. The van der Waals surface area contributed by atoms with Crippen molar-refractivity contribution in [3.63, 3.8) is 0 Å². The van der Waals surface area contributed by atoms with Gasteiger partial charge in [0.15, 0.2) is 0 Å². The molecule has 0 heterocycles. The third-order valence-corrected chi connectivity index (χ3v) is 1.96. The van der Waals surface area contributed by atoms with Gasteiger partial charge >= 0.3 is 5.97 Å². The van der Waals surface area contributed by atoms with Gasteiger partial charge in [-0.25, -0.2) is 0 Å². The van der Waals surface area contributed by atoms with Crippen molar-refractivity contribution in [1.29, 1.82) is 0 Å². The normalized spacial score (nSPS) is 10.6. The lowest BCUT2D eigenvalue weighted by Gasteiger charge is -2.09. The molecule has 3 nitrogen and oxygen atoms in total. The molecule has 0 bridgehead atoms. The van der Waals surface area contributed by atoms with Crippen LogP contribution in [0, 0.1) is 0 Å². The zero-order valence-corrected chi connectivity index (χ0v) is 9.71. The van der Waals surface area contributed by atoms with E-state index in [1.54, 1.807) is 0 Å². The Balaban J connectivity index is 3.15. The molecule has 0 radical (unpaired) electrons. The summed E-state index contributed by atoms with van der Waals surface area (Å²) >= 11 is 0. The van der Waals surface area contributed by atoms with E-state index in [-0.39, 0.29) is 5.97 Å². The van der Waals surface area contributed by atoms with Gasteiger partial charge in [-0.05, 0) is 20.5 Å². The molecule has 0 amide bonds. The maximum absolute atomic E-state index is 11.1. The predicted octanol–water partition coefficient (Wildman–Crippen LogP) is 2.06. The van der Waals surface area contributed by atoms with Gasteiger partial charge in [-0.3, -0.25) is 9.69 Å². The van der Waals surface area contributed by atoms with Crippen molar-refractivity contribution in [2.45, 2.75) is 39.0 Å². The Hall–Kier alpha value is -0.570. The summed E-state index contributed by atoms with van der Waals surface area (Å²) in [6.45, 7) is 3.16. The van der Waals surface area contributed by atoms with E-state index in [1.807, 2.05) is 19.0 Å². The third-order valence-electron chi connectivity index (χ3n) is 1.96. The summed E-state index contributed by atoms with van der Waals surface area (Å²) in [5.74, 6) is -0.120. The predicted molar refractivity (Wildman–Crippen MR) is 58.3 cm³/mol. The highest BCUT2D eigenvalue weighted by Crippen LogP contribution is 2.02. The Kier molecular flexibility index (Phi) is 8.64. The van der Waals surface area contributed by atoms with Gasteiger partial charge in [0.1, 0.15) is 0 Å². The second kappa shape index (κ2) is 9.00. The molecule has 0 fully saturated rings. The smallest absolute Gasteiger partial charge is 0.320 e. The Labute approximate surface area is 87.4 Å². The van der Waals surface area contributed by atoms with Gasteiger partial charge in [0.25, 0.3) is 0 Å². The van der Waals surface area contributed by atoms with Crippen molar-refractivity contribution in [1.82, 2.24) is 4.90 Å². The molecule has 84 valence electrons. The third kappa shape index (κ3) is 9.52. The second-order valence-corrected chi connectivity index (χ2v) is 3.87. The van der Waals surface area contributed by atoms with Crippen LogP contribution in [0.2, 0.25) is 0 Å². The lowest BCUT2D eigenvalue weighted by atomic mass is 10.2. The van der Waals surface area contributed by atoms with Crippen LogP contribution in [-0.2, 0) is 9.53 Å². The van der Waals surface area contributed by atoms with Crippen molar-refractivity contribution in [2.75, 3.05) is 27.2 Å². The first kappa shape index (κ1) is 13.4. The van der Waals surface area contributed by atoms with Crippen LogP contribution in [0.4, 0.5) is 0 Å². The van der Waals surface area contributed by atoms with Gasteiger partial charge in [0.05, 0.1) is 13.2 Å². The molecular weight excluding hydrogens is 178 g/mol. The molecule has 0 N–H and O–H groups in total. The molecule has 0 atom stereocenters. The summed E-state index contributed by atoms with van der Waals surface area (Å²) in [5, 5.41) is 0. The summed E-state index contributed by atoms with van der Waals surface area (Å²) in [5.41, 5.74) is 0. The lowest BCUT2D eigenvalue weighted by Crippen LogP contribution is -2.23. The van der Waals surface area contributed by atoms with E-state index in [0.29, 0.717) is 13.2 Å². The zero-order valence-electron chi connectivity index (χ0n) is 9.71. The molecule has 0 aromatic heterocycles. The molecule has 3 heteroatoms. The maximum Gasteiger partial charge on any atom is 0.320 e. The number of likely N-dealkylation sites (N-methyl/N-ethyl adjacent to an activating group) is 1. The molecule has 0 aliphatic rings. The number of carbonyl (C=O) groups excluding carboxylic acids is 1.